The fourth-order valence-corrected chi connectivity index (χ4v) is 2.52. The largest absolute Gasteiger partial charge is 0.377 e. The third kappa shape index (κ3) is 3.03. The van der Waals surface area contributed by atoms with Crippen molar-refractivity contribution in [3.8, 4) is 0 Å². The highest BCUT2D eigenvalue weighted by atomic mass is 16.5. The molecule has 1 heterocycles. The van der Waals surface area contributed by atoms with Crippen molar-refractivity contribution < 1.29 is 4.74 Å². The number of hydrogen-bond donors (Lipinski definition) is 1. The lowest BCUT2D eigenvalue weighted by molar-refractivity contribution is 0.0821. The van der Waals surface area contributed by atoms with Crippen molar-refractivity contribution in [1.29, 1.82) is 0 Å². The van der Waals surface area contributed by atoms with Gasteiger partial charge in [0.15, 0.2) is 0 Å². The first-order valence-electron chi connectivity index (χ1n) is 6.93. The minimum Gasteiger partial charge on any atom is -0.377 e. The molecule has 18 heavy (non-hydrogen) atoms. The summed E-state index contributed by atoms with van der Waals surface area (Å²) >= 11 is 0. The smallest absolute Gasteiger partial charge is 0.0721 e. The Hall–Kier alpha value is -1.06. The number of benzene rings is 1. The molecule has 1 aromatic carbocycles. The van der Waals surface area contributed by atoms with Crippen LogP contribution < -0.4 is 10.6 Å². The fraction of sp³-hybridized carbons (Fsp3) is 0.600. The van der Waals surface area contributed by atoms with Gasteiger partial charge in [-0.25, -0.2) is 0 Å². The van der Waals surface area contributed by atoms with Crippen LogP contribution in [0.3, 0.4) is 0 Å². The summed E-state index contributed by atoms with van der Waals surface area (Å²) in [6.07, 6.45) is 2.34. The molecule has 0 saturated carbocycles. The van der Waals surface area contributed by atoms with Gasteiger partial charge in [0.1, 0.15) is 0 Å². The molecular formula is C15H24N2O. The highest BCUT2D eigenvalue weighted by molar-refractivity contribution is 5.55. The van der Waals surface area contributed by atoms with E-state index in [-0.39, 0.29) is 6.04 Å². The highest BCUT2D eigenvalue weighted by Crippen LogP contribution is 2.28. The summed E-state index contributed by atoms with van der Waals surface area (Å²) in [6, 6.07) is 8.63. The van der Waals surface area contributed by atoms with E-state index in [1.807, 2.05) is 0 Å². The van der Waals surface area contributed by atoms with Crippen molar-refractivity contribution in [2.75, 3.05) is 24.6 Å². The van der Waals surface area contributed by atoms with Gasteiger partial charge in [-0.2, -0.15) is 0 Å². The summed E-state index contributed by atoms with van der Waals surface area (Å²) in [5.74, 6) is 0. The second-order valence-electron chi connectivity index (χ2n) is 5.05. The Morgan fingerprint density at radius 1 is 1.44 bits per heavy atom. The van der Waals surface area contributed by atoms with Crippen LogP contribution in [-0.4, -0.2) is 25.8 Å². The number of ether oxygens (including phenoxy) is 1. The number of rotatable bonds is 3. The van der Waals surface area contributed by atoms with Crippen LogP contribution in [0.4, 0.5) is 5.69 Å². The third-order valence-electron chi connectivity index (χ3n) is 3.57. The van der Waals surface area contributed by atoms with Crippen molar-refractivity contribution in [1.82, 2.24) is 0 Å². The van der Waals surface area contributed by atoms with E-state index < -0.39 is 0 Å². The highest BCUT2D eigenvalue weighted by Gasteiger charge is 2.19. The molecule has 0 aliphatic carbocycles. The van der Waals surface area contributed by atoms with Crippen LogP contribution in [0, 0.1) is 0 Å². The molecular weight excluding hydrogens is 224 g/mol. The lowest BCUT2D eigenvalue weighted by atomic mass is 10.0. The predicted octanol–water partition coefficient (Wildman–Crippen LogP) is 2.71. The molecule has 100 valence electrons. The predicted molar refractivity (Wildman–Crippen MR) is 75.9 cm³/mol. The summed E-state index contributed by atoms with van der Waals surface area (Å²) in [7, 11) is 0. The lowest BCUT2D eigenvalue weighted by Crippen LogP contribution is -2.31. The minimum absolute atomic E-state index is 0.126. The van der Waals surface area contributed by atoms with E-state index >= 15 is 0 Å². The summed E-state index contributed by atoms with van der Waals surface area (Å²) in [6.45, 7) is 7.14. The third-order valence-corrected chi connectivity index (χ3v) is 3.57. The van der Waals surface area contributed by atoms with Gasteiger partial charge in [0.25, 0.3) is 0 Å². The second-order valence-corrected chi connectivity index (χ2v) is 5.05. The van der Waals surface area contributed by atoms with Crippen LogP contribution in [0.1, 0.15) is 38.3 Å². The zero-order chi connectivity index (χ0) is 13.0. The molecule has 0 amide bonds. The van der Waals surface area contributed by atoms with Gasteiger partial charge in [0.2, 0.25) is 0 Å². The standard InChI is InChI=1S/C15H24N2O/c1-3-14(16)13-7-4-5-8-15(13)17-9-6-10-18-12(2)11-17/h4-5,7-8,12,14H,3,6,9-11,16H2,1-2H3/t12?,14-/m1/s1. The van der Waals surface area contributed by atoms with Gasteiger partial charge in [-0.05, 0) is 31.4 Å². The Morgan fingerprint density at radius 3 is 3.00 bits per heavy atom. The molecule has 1 saturated heterocycles. The van der Waals surface area contributed by atoms with Gasteiger partial charge >= 0.3 is 0 Å². The maximum Gasteiger partial charge on any atom is 0.0721 e. The molecule has 1 unspecified atom stereocenters. The number of anilines is 1. The Labute approximate surface area is 110 Å². The Balaban J connectivity index is 2.25. The van der Waals surface area contributed by atoms with Crippen molar-refractivity contribution in [3.05, 3.63) is 29.8 Å². The summed E-state index contributed by atoms with van der Waals surface area (Å²) in [5, 5.41) is 0. The van der Waals surface area contributed by atoms with Crippen molar-refractivity contribution in [2.45, 2.75) is 38.8 Å². The van der Waals surface area contributed by atoms with Gasteiger partial charge < -0.3 is 15.4 Å². The maximum absolute atomic E-state index is 6.22. The van der Waals surface area contributed by atoms with Gasteiger partial charge in [0, 0.05) is 31.4 Å². The van der Waals surface area contributed by atoms with E-state index in [0.717, 1.165) is 32.5 Å². The summed E-state index contributed by atoms with van der Waals surface area (Å²) < 4.78 is 5.71. The first-order chi connectivity index (χ1) is 8.72. The van der Waals surface area contributed by atoms with Crippen LogP contribution >= 0.6 is 0 Å². The molecule has 1 aliphatic heterocycles. The molecule has 0 bridgehead atoms. The zero-order valence-electron chi connectivity index (χ0n) is 11.4. The van der Waals surface area contributed by atoms with Crippen molar-refractivity contribution in [3.63, 3.8) is 0 Å². The molecule has 1 fully saturated rings. The molecule has 3 heteroatoms. The van der Waals surface area contributed by atoms with E-state index in [0.29, 0.717) is 6.10 Å². The van der Waals surface area contributed by atoms with E-state index in [2.05, 4.69) is 43.0 Å². The molecule has 3 nitrogen and oxygen atoms in total. The number of nitrogens with zero attached hydrogens (tertiary/aromatic N) is 1. The first-order valence-corrected chi connectivity index (χ1v) is 6.93. The van der Waals surface area contributed by atoms with E-state index in [9.17, 15) is 0 Å². The maximum atomic E-state index is 6.22. The van der Waals surface area contributed by atoms with Crippen LogP contribution in [0.2, 0.25) is 0 Å². The number of nitrogens with two attached hydrogens (primary N) is 1. The monoisotopic (exact) mass is 248 g/mol. The normalized spacial score (nSPS) is 22.6. The molecule has 2 N–H and O–H groups in total. The minimum atomic E-state index is 0.126. The topological polar surface area (TPSA) is 38.5 Å². The molecule has 1 aromatic rings. The van der Waals surface area contributed by atoms with Crippen molar-refractivity contribution in [2.24, 2.45) is 5.73 Å². The van der Waals surface area contributed by atoms with Crippen LogP contribution in [-0.2, 0) is 4.74 Å². The van der Waals surface area contributed by atoms with E-state index in [1.54, 1.807) is 0 Å². The zero-order valence-corrected chi connectivity index (χ0v) is 11.4. The average Bonchev–Trinajstić information content (AvgIpc) is 2.62. The van der Waals surface area contributed by atoms with Crippen LogP contribution in [0.15, 0.2) is 24.3 Å². The summed E-state index contributed by atoms with van der Waals surface area (Å²) in [4.78, 5) is 2.42. The Kier molecular flexibility index (Phi) is 4.61. The van der Waals surface area contributed by atoms with Gasteiger partial charge in [0.05, 0.1) is 6.10 Å². The molecule has 1 aliphatic rings. The molecule has 2 rings (SSSR count). The molecule has 0 aromatic heterocycles. The van der Waals surface area contributed by atoms with Crippen LogP contribution in [0.25, 0.3) is 0 Å². The van der Waals surface area contributed by atoms with Crippen molar-refractivity contribution >= 4 is 5.69 Å². The van der Waals surface area contributed by atoms with E-state index in [4.69, 9.17) is 10.5 Å². The Bertz CT molecular complexity index is 381. The molecule has 0 radical (unpaired) electrons. The van der Waals surface area contributed by atoms with Crippen LogP contribution in [0.5, 0.6) is 0 Å². The average molecular weight is 248 g/mol. The Morgan fingerprint density at radius 2 is 2.22 bits per heavy atom. The summed E-state index contributed by atoms with van der Waals surface area (Å²) in [5.41, 5.74) is 8.76. The number of para-hydroxylation sites is 1. The SMILES string of the molecule is CC[C@@H](N)c1ccccc1N1CCCOC(C)C1. The van der Waals surface area contributed by atoms with Gasteiger partial charge in [-0.3, -0.25) is 0 Å². The second kappa shape index (κ2) is 6.21. The van der Waals surface area contributed by atoms with E-state index in [1.165, 1.54) is 11.3 Å². The van der Waals surface area contributed by atoms with Gasteiger partial charge in [-0.15, -0.1) is 0 Å². The first kappa shape index (κ1) is 13.4. The molecule has 0 spiro atoms. The quantitative estimate of drug-likeness (QED) is 0.894. The fourth-order valence-electron chi connectivity index (χ4n) is 2.52. The number of hydrogen-bond acceptors (Lipinski definition) is 3. The lowest BCUT2D eigenvalue weighted by Gasteiger charge is -2.28. The molecule has 2 atom stereocenters. The van der Waals surface area contributed by atoms with Gasteiger partial charge in [-0.1, -0.05) is 25.1 Å².